The molecule has 0 saturated carbocycles. The minimum absolute atomic E-state index is 0.00588. The number of methoxy groups -OCH3 is 1. The molecule has 0 radical (unpaired) electrons. The molecule has 3 rings (SSSR count). The Hall–Kier alpha value is -3.46. The molecule has 0 unspecified atom stereocenters. The number of carboxylic acid groups (broad SMARTS) is 1. The van der Waals surface area contributed by atoms with Crippen LogP contribution in [0.4, 0.5) is 0 Å². The van der Waals surface area contributed by atoms with Crippen molar-refractivity contribution in [3.05, 3.63) is 69.2 Å². The van der Waals surface area contributed by atoms with E-state index in [9.17, 15) is 23.6 Å². The van der Waals surface area contributed by atoms with Gasteiger partial charge < -0.3 is 19.4 Å². The van der Waals surface area contributed by atoms with Gasteiger partial charge in [-0.1, -0.05) is 26.0 Å². The normalized spacial score (nSPS) is 11.5. The van der Waals surface area contributed by atoms with Crippen LogP contribution in [-0.2, 0) is 27.8 Å². The minimum atomic E-state index is -4.12. The second kappa shape index (κ2) is 12.2. The monoisotopic (exact) mass is 542 g/mol. The van der Waals surface area contributed by atoms with Gasteiger partial charge in [-0.05, 0) is 54.7 Å². The van der Waals surface area contributed by atoms with Crippen LogP contribution in [0.1, 0.15) is 47.2 Å². The summed E-state index contributed by atoms with van der Waals surface area (Å²) in [7, 11) is -2.75. The van der Waals surface area contributed by atoms with Gasteiger partial charge in [0.15, 0.2) is 0 Å². The fourth-order valence-corrected chi connectivity index (χ4v) is 5.88. The zero-order chi connectivity index (χ0) is 27.2. The van der Waals surface area contributed by atoms with Gasteiger partial charge in [0, 0.05) is 11.9 Å². The number of ether oxygens (including phenoxy) is 2. The molecular formula is C26H28N3O6S2-. The quantitative estimate of drug-likeness (QED) is 0.341. The molecule has 1 heterocycles. The van der Waals surface area contributed by atoms with E-state index < -0.39 is 22.6 Å². The molecule has 37 heavy (non-hydrogen) atoms. The first-order chi connectivity index (χ1) is 17.5. The standard InChI is InChI=1S/C26H29N3O6S2/c1-17(2)21-7-6-20(24(12-21)35-15-26(30)31)9-10-29(14-22-16-36-18(3)28-22)37(32,33)25-11-19(13-27)5-8-23(25)34-4/h5-8,11-12,16-17H,9-10,14-15H2,1-4H3,(H,30,31)/p-1. The van der Waals surface area contributed by atoms with E-state index in [1.807, 2.05) is 39.0 Å². The lowest BCUT2D eigenvalue weighted by molar-refractivity contribution is -0.307. The summed E-state index contributed by atoms with van der Waals surface area (Å²) in [4.78, 5) is 15.3. The van der Waals surface area contributed by atoms with E-state index >= 15 is 0 Å². The van der Waals surface area contributed by atoms with Gasteiger partial charge in [0.05, 0.1) is 42.0 Å². The molecule has 0 amide bonds. The number of nitrogens with zero attached hydrogens (tertiary/aromatic N) is 3. The summed E-state index contributed by atoms with van der Waals surface area (Å²) >= 11 is 1.42. The third-order valence-electron chi connectivity index (χ3n) is 5.65. The van der Waals surface area contributed by atoms with Crippen molar-refractivity contribution in [1.29, 1.82) is 5.26 Å². The Morgan fingerprint density at radius 2 is 1.97 bits per heavy atom. The van der Waals surface area contributed by atoms with Crippen LogP contribution in [0, 0.1) is 18.3 Å². The highest BCUT2D eigenvalue weighted by Crippen LogP contribution is 2.30. The second-order valence-corrected chi connectivity index (χ2v) is 11.6. The van der Waals surface area contributed by atoms with Gasteiger partial charge in [-0.15, -0.1) is 11.3 Å². The molecule has 0 aliphatic heterocycles. The molecular weight excluding hydrogens is 514 g/mol. The second-order valence-electron chi connectivity index (χ2n) is 8.61. The molecule has 0 spiro atoms. The largest absolute Gasteiger partial charge is 0.546 e. The third kappa shape index (κ3) is 7.07. The zero-order valence-corrected chi connectivity index (χ0v) is 22.7. The van der Waals surface area contributed by atoms with Gasteiger partial charge in [0.25, 0.3) is 0 Å². The van der Waals surface area contributed by atoms with Crippen molar-refractivity contribution in [2.45, 2.75) is 44.6 Å². The van der Waals surface area contributed by atoms with Crippen molar-refractivity contribution in [2.75, 3.05) is 20.3 Å². The molecule has 0 atom stereocenters. The van der Waals surface area contributed by atoms with Crippen LogP contribution in [0.5, 0.6) is 11.5 Å². The number of nitriles is 1. The number of benzene rings is 2. The highest BCUT2D eigenvalue weighted by atomic mass is 32.2. The van der Waals surface area contributed by atoms with Crippen LogP contribution >= 0.6 is 11.3 Å². The van der Waals surface area contributed by atoms with E-state index in [-0.39, 0.29) is 41.6 Å². The van der Waals surface area contributed by atoms with E-state index in [4.69, 9.17) is 9.47 Å². The number of sulfonamides is 1. The number of carbonyl (C=O) groups excluding carboxylic acids is 1. The molecule has 196 valence electrons. The Morgan fingerprint density at radius 3 is 2.57 bits per heavy atom. The molecule has 0 aliphatic rings. The number of hydrogen-bond acceptors (Lipinski definition) is 9. The fraction of sp³-hybridized carbons (Fsp3) is 0.346. The van der Waals surface area contributed by atoms with Crippen molar-refractivity contribution >= 4 is 27.3 Å². The highest BCUT2D eigenvalue weighted by Gasteiger charge is 2.29. The lowest BCUT2D eigenvalue weighted by Crippen LogP contribution is -2.33. The molecule has 9 nitrogen and oxygen atoms in total. The molecule has 11 heteroatoms. The summed E-state index contributed by atoms with van der Waals surface area (Å²) < 4.78 is 39.8. The molecule has 0 N–H and O–H groups in total. The Morgan fingerprint density at radius 1 is 1.22 bits per heavy atom. The number of aryl methyl sites for hydroxylation is 1. The van der Waals surface area contributed by atoms with Crippen LogP contribution in [0.15, 0.2) is 46.7 Å². The topological polar surface area (TPSA) is 133 Å². The first kappa shape index (κ1) is 28.1. The van der Waals surface area contributed by atoms with Crippen LogP contribution in [-0.4, -0.2) is 43.9 Å². The van der Waals surface area contributed by atoms with E-state index in [1.54, 1.807) is 11.4 Å². The SMILES string of the molecule is COc1ccc(C#N)cc1S(=O)(=O)N(CCc1ccc(C(C)C)cc1OCC(=O)[O-])Cc1csc(C)n1. The maximum Gasteiger partial charge on any atom is 0.247 e. The lowest BCUT2D eigenvalue weighted by atomic mass is 10.00. The average molecular weight is 543 g/mol. The van der Waals surface area contributed by atoms with Gasteiger partial charge >= 0.3 is 0 Å². The molecule has 0 saturated heterocycles. The Kier molecular flexibility index (Phi) is 9.26. The summed E-state index contributed by atoms with van der Waals surface area (Å²) in [6.45, 7) is 5.28. The fourth-order valence-electron chi connectivity index (χ4n) is 3.69. The third-order valence-corrected chi connectivity index (χ3v) is 8.34. The van der Waals surface area contributed by atoms with E-state index in [2.05, 4.69) is 4.98 Å². The predicted octanol–water partition coefficient (Wildman–Crippen LogP) is 3.02. The number of aliphatic carboxylic acids is 1. The van der Waals surface area contributed by atoms with Gasteiger partial charge in [-0.2, -0.15) is 9.57 Å². The maximum atomic E-state index is 13.9. The number of thiazole rings is 1. The van der Waals surface area contributed by atoms with Gasteiger partial charge in [0.1, 0.15) is 23.0 Å². The number of carboxylic acids is 1. The first-order valence-corrected chi connectivity index (χ1v) is 13.8. The minimum Gasteiger partial charge on any atom is -0.546 e. The highest BCUT2D eigenvalue weighted by molar-refractivity contribution is 7.89. The van der Waals surface area contributed by atoms with E-state index in [0.29, 0.717) is 17.0 Å². The smallest absolute Gasteiger partial charge is 0.247 e. The number of aromatic nitrogens is 1. The summed E-state index contributed by atoms with van der Waals surface area (Å²) in [5, 5.41) is 22.9. The van der Waals surface area contributed by atoms with Crippen molar-refractivity contribution < 1.29 is 27.8 Å². The van der Waals surface area contributed by atoms with Gasteiger partial charge in [-0.3, -0.25) is 0 Å². The number of hydrogen-bond donors (Lipinski definition) is 0. The number of carbonyl (C=O) groups is 1. The summed E-state index contributed by atoms with van der Waals surface area (Å²) in [6, 6.07) is 11.7. The van der Waals surface area contributed by atoms with Crippen molar-refractivity contribution in [3.63, 3.8) is 0 Å². The van der Waals surface area contributed by atoms with Crippen molar-refractivity contribution in [3.8, 4) is 17.6 Å². The number of rotatable bonds is 12. The Bertz CT molecular complexity index is 1410. The lowest BCUT2D eigenvalue weighted by Gasteiger charge is -2.23. The molecule has 0 fully saturated rings. The van der Waals surface area contributed by atoms with Gasteiger partial charge in [0.2, 0.25) is 10.0 Å². The van der Waals surface area contributed by atoms with Gasteiger partial charge in [-0.25, -0.2) is 13.4 Å². The molecule has 1 aromatic heterocycles. The molecule has 0 bridgehead atoms. The first-order valence-electron chi connectivity index (χ1n) is 11.5. The van der Waals surface area contributed by atoms with Crippen molar-refractivity contribution in [2.24, 2.45) is 0 Å². The van der Waals surface area contributed by atoms with Crippen LogP contribution in [0.3, 0.4) is 0 Å². The maximum absolute atomic E-state index is 13.9. The van der Waals surface area contributed by atoms with Crippen LogP contribution in [0.2, 0.25) is 0 Å². The van der Waals surface area contributed by atoms with Crippen LogP contribution < -0.4 is 14.6 Å². The average Bonchev–Trinajstić information content (AvgIpc) is 3.29. The summed E-state index contributed by atoms with van der Waals surface area (Å²) in [5.74, 6) is -0.684. The molecule has 3 aromatic rings. The summed E-state index contributed by atoms with van der Waals surface area (Å²) in [6.07, 6.45) is 0.239. The Balaban J connectivity index is 2.00. The van der Waals surface area contributed by atoms with Crippen molar-refractivity contribution in [1.82, 2.24) is 9.29 Å². The van der Waals surface area contributed by atoms with E-state index in [0.717, 1.165) is 10.6 Å². The van der Waals surface area contributed by atoms with Crippen LogP contribution in [0.25, 0.3) is 0 Å². The predicted molar refractivity (Wildman–Crippen MR) is 137 cm³/mol. The molecule has 2 aromatic carbocycles. The molecule has 0 aliphatic carbocycles. The Labute approximate surface area is 221 Å². The summed E-state index contributed by atoms with van der Waals surface area (Å²) in [5.41, 5.74) is 2.38. The van der Waals surface area contributed by atoms with E-state index in [1.165, 1.54) is 41.0 Å². The zero-order valence-electron chi connectivity index (χ0n) is 21.1.